The third-order valence-corrected chi connectivity index (χ3v) is 14.5. The minimum Gasteiger partial charge on any atom is -0.508 e. The summed E-state index contributed by atoms with van der Waals surface area (Å²) in [6.45, 7) is 8.48. The van der Waals surface area contributed by atoms with Crippen molar-refractivity contribution in [2.75, 3.05) is 19.6 Å². The maximum atomic E-state index is 14.5. The number of nitrogens with one attached hydrogen (secondary N) is 5. The molecular formula is C51H82N8O15. The number of primary amides is 1. The second-order valence-electron chi connectivity index (χ2n) is 20.8. The molecule has 0 aromatic heterocycles. The summed E-state index contributed by atoms with van der Waals surface area (Å²) in [4.78, 5) is 113. The van der Waals surface area contributed by atoms with E-state index in [9.17, 15) is 74.1 Å². The molecular weight excluding hydrogens is 965 g/mol. The molecule has 1 aromatic rings. The van der Waals surface area contributed by atoms with Gasteiger partial charge in [-0.3, -0.25) is 38.4 Å². The Morgan fingerprint density at radius 1 is 0.770 bits per heavy atom. The number of nitrogens with two attached hydrogens (primary N) is 1. The average Bonchev–Trinajstić information content (AvgIpc) is 3.89. The van der Waals surface area contributed by atoms with Crippen LogP contribution >= 0.6 is 0 Å². The fourth-order valence-electron chi connectivity index (χ4n) is 9.97. The molecule has 3 aliphatic rings. The van der Waals surface area contributed by atoms with Crippen LogP contribution in [0.3, 0.4) is 0 Å². The van der Waals surface area contributed by atoms with Gasteiger partial charge in [-0.1, -0.05) is 84.8 Å². The summed E-state index contributed by atoms with van der Waals surface area (Å²) in [7, 11) is 0. The minimum absolute atomic E-state index is 0.00989. The topological polar surface area (TPSA) is 371 Å². The van der Waals surface area contributed by atoms with Gasteiger partial charge in [0.05, 0.1) is 30.8 Å². The lowest BCUT2D eigenvalue weighted by molar-refractivity contribution is -0.148. The van der Waals surface area contributed by atoms with Gasteiger partial charge >= 0.3 is 0 Å². The molecule has 0 spiro atoms. The maximum absolute atomic E-state index is 14.5. The van der Waals surface area contributed by atoms with Crippen LogP contribution in [0.5, 0.6) is 5.75 Å². The number of phenolic OH excluding ortho intramolecular Hbond substituents is 1. The van der Waals surface area contributed by atoms with E-state index >= 15 is 0 Å². The summed E-state index contributed by atoms with van der Waals surface area (Å²) >= 11 is 0. The number of carbonyl (C=O) groups is 8. The zero-order chi connectivity index (χ0) is 55.0. The third-order valence-electron chi connectivity index (χ3n) is 14.5. The van der Waals surface area contributed by atoms with Crippen LogP contribution < -0.4 is 32.3 Å². The molecule has 4 rings (SSSR count). The molecule has 23 heteroatoms. The van der Waals surface area contributed by atoms with Crippen molar-refractivity contribution >= 4 is 47.3 Å². The second-order valence-corrected chi connectivity index (χ2v) is 20.8. The highest BCUT2D eigenvalue weighted by Gasteiger charge is 2.50. The number of aliphatic hydroxyl groups excluding tert-OH is 6. The van der Waals surface area contributed by atoms with Gasteiger partial charge in [-0.2, -0.15) is 0 Å². The summed E-state index contributed by atoms with van der Waals surface area (Å²) in [6, 6.07) is -6.12. The minimum atomic E-state index is -2.31. The van der Waals surface area contributed by atoms with Crippen LogP contribution in [0.1, 0.15) is 136 Å². The van der Waals surface area contributed by atoms with E-state index in [1.54, 1.807) is 0 Å². The summed E-state index contributed by atoms with van der Waals surface area (Å²) in [6.07, 6.45) is -3.36. The fraction of sp³-hybridized carbons (Fsp3) is 0.725. The molecule has 3 saturated heterocycles. The van der Waals surface area contributed by atoms with E-state index in [-0.39, 0.29) is 43.7 Å². The molecule has 3 aliphatic heterocycles. The molecule has 74 heavy (non-hydrogen) atoms. The predicted molar refractivity (Wildman–Crippen MR) is 268 cm³/mol. The number of phenols is 1. The van der Waals surface area contributed by atoms with Gasteiger partial charge in [-0.05, 0) is 62.1 Å². The molecule has 0 aliphatic carbocycles. The van der Waals surface area contributed by atoms with Crippen molar-refractivity contribution in [2.45, 2.75) is 197 Å². The molecule has 0 bridgehead atoms. The first-order valence-electron chi connectivity index (χ1n) is 26.2. The number of unbranched alkanes of at least 4 members (excludes halogenated alkanes) is 5. The summed E-state index contributed by atoms with van der Waals surface area (Å²) in [5.74, 6) is -7.91. The SMILES string of the molecule is CC[C@H](C)C[C@H](C)CCCCCCCCC(=O)N[C@@H]1CCCNC(=O)[C@@H]2[C@H](O)[C@@H](C)CN2C(=O)[C@H]([C@H](O)CC(N)=O)NC(=O)[C@H]([C@H](O)[C@H](O)c2ccc(O)cc2)NC(=O)[C@@H]2C[C@@H](O)CN2C(=O)[C@@H]([C@@H](C)O)NC1=O. The van der Waals surface area contributed by atoms with Gasteiger partial charge in [0.1, 0.15) is 54.2 Å². The van der Waals surface area contributed by atoms with E-state index in [2.05, 4.69) is 47.4 Å². The Morgan fingerprint density at radius 2 is 1.38 bits per heavy atom. The zero-order valence-corrected chi connectivity index (χ0v) is 43.4. The second kappa shape index (κ2) is 29.0. The first-order chi connectivity index (χ1) is 34.9. The van der Waals surface area contributed by atoms with Crippen molar-refractivity contribution in [3.8, 4) is 5.75 Å². The van der Waals surface area contributed by atoms with Gasteiger partial charge in [0, 0.05) is 38.4 Å². The smallest absolute Gasteiger partial charge is 0.248 e. The highest BCUT2D eigenvalue weighted by atomic mass is 16.3. The summed E-state index contributed by atoms with van der Waals surface area (Å²) in [5.41, 5.74) is 5.29. The van der Waals surface area contributed by atoms with Crippen molar-refractivity contribution in [3.63, 3.8) is 0 Å². The van der Waals surface area contributed by atoms with Crippen molar-refractivity contribution in [1.29, 1.82) is 0 Å². The number of rotatable bonds is 20. The maximum Gasteiger partial charge on any atom is 0.248 e. The Labute approximate surface area is 432 Å². The summed E-state index contributed by atoms with van der Waals surface area (Å²) in [5, 5.41) is 89.5. The first-order valence-corrected chi connectivity index (χ1v) is 26.2. The van der Waals surface area contributed by atoms with E-state index in [1.165, 1.54) is 45.2 Å². The number of benzene rings is 1. The molecule has 0 unspecified atom stereocenters. The van der Waals surface area contributed by atoms with Crippen LogP contribution in [0.2, 0.25) is 0 Å². The molecule has 1 aromatic carbocycles. The predicted octanol–water partition coefficient (Wildman–Crippen LogP) is -1.38. The molecule has 3 fully saturated rings. The Bertz CT molecular complexity index is 2060. The normalized spacial score (nSPS) is 28.2. The highest BCUT2D eigenvalue weighted by molar-refractivity contribution is 5.98. The van der Waals surface area contributed by atoms with Crippen molar-refractivity contribution in [3.05, 3.63) is 29.8 Å². The monoisotopic (exact) mass is 1050 g/mol. The molecule has 0 radical (unpaired) electrons. The van der Waals surface area contributed by atoms with E-state index in [0.29, 0.717) is 18.3 Å². The highest BCUT2D eigenvalue weighted by Crippen LogP contribution is 2.28. The number of aromatic hydroxyl groups is 1. The third kappa shape index (κ3) is 17.3. The van der Waals surface area contributed by atoms with Crippen LogP contribution in [-0.2, 0) is 38.4 Å². The van der Waals surface area contributed by atoms with Gasteiger partial charge in [0.25, 0.3) is 0 Å². The number of amides is 8. The van der Waals surface area contributed by atoms with Crippen molar-refractivity contribution in [2.24, 2.45) is 23.5 Å². The first kappa shape index (κ1) is 61.1. The van der Waals surface area contributed by atoms with Crippen molar-refractivity contribution < 1.29 is 74.1 Å². The van der Waals surface area contributed by atoms with E-state index in [4.69, 9.17) is 5.73 Å². The quantitative estimate of drug-likeness (QED) is 0.0670. The Morgan fingerprint density at radius 3 is 2.01 bits per heavy atom. The van der Waals surface area contributed by atoms with Crippen molar-refractivity contribution in [1.82, 2.24) is 36.4 Å². The Hall–Kier alpha value is -5.46. The van der Waals surface area contributed by atoms with E-state index in [1.807, 2.05) is 0 Å². The molecule has 0 saturated carbocycles. The molecule has 15 atom stereocenters. The average molecular weight is 1050 g/mol. The van der Waals surface area contributed by atoms with E-state index < -0.39 is 145 Å². The van der Waals surface area contributed by atoms with Gasteiger partial charge in [0.2, 0.25) is 47.3 Å². The van der Waals surface area contributed by atoms with Gasteiger partial charge in [-0.25, -0.2) is 0 Å². The van der Waals surface area contributed by atoms with Crippen LogP contribution in [0.15, 0.2) is 24.3 Å². The number of hydrogen-bond donors (Lipinski definition) is 13. The molecule has 8 amide bonds. The lowest BCUT2D eigenvalue weighted by atomic mass is 9.91. The number of hydrogen-bond acceptors (Lipinski definition) is 15. The van der Waals surface area contributed by atoms with Crippen LogP contribution in [0.4, 0.5) is 0 Å². The van der Waals surface area contributed by atoms with Crippen LogP contribution in [0.25, 0.3) is 0 Å². The Kier molecular flexibility index (Phi) is 23.9. The zero-order valence-electron chi connectivity index (χ0n) is 43.4. The lowest BCUT2D eigenvalue weighted by Crippen LogP contribution is -2.64. The molecule has 416 valence electrons. The standard InChI is InChI=1S/C51H82N8O15/c1-6-27(2)22-28(3)14-11-9-7-8-10-12-16-38(65)54-34-15-13-21-53-49(72)42-43(66)29(4)25-59(42)51(74)40(36(63)24-37(52)64)56-48(71)41(45(68)44(67)31-17-19-32(61)20-18-31)57-47(70)35-23-33(62)26-58(35)50(73)39(30(5)60)55-46(34)69/h17-20,27-30,33-36,39-45,60-63,66-68H,6-16,21-26H2,1-5H3,(H2,52,64)(H,53,72)(H,54,65)(H,55,69)(H,56,71)(H,57,70)/t27-,28+,29-,30+,33+,34+,35-,36+,39+,40-,41-,42-,43+,44+,45-/m0/s1. The van der Waals surface area contributed by atoms with Gasteiger partial charge < -0.3 is 77.9 Å². The molecule has 3 heterocycles. The number of nitrogens with zero attached hydrogens (tertiary/aromatic N) is 2. The van der Waals surface area contributed by atoms with Crippen LogP contribution in [-0.4, -0.2) is 179 Å². The number of aliphatic hydroxyl groups is 6. The fourth-order valence-corrected chi connectivity index (χ4v) is 9.97. The number of fused-ring (bicyclic) bond motifs is 2. The van der Waals surface area contributed by atoms with Gasteiger partial charge in [-0.15, -0.1) is 0 Å². The summed E-state index contributed by atoms with van der Waals surface area (Å²) < 4.78 is 0. The Balaban J connectivity index is 1.66. The van der Waals surface area contributed by atoms with Gasteiger partial charge in [0.15, 0.2) is 0 Å². The lowest BCUT2D eigenvalue weighted by Gasteiger charge is -2.34. The molecule has 23 nitrogen and oxygen atoms in total. The largest absolute Gasteiger partial charge is 0.508 e. The van der Waals surface area contributed by atoms with Crippen LogP contribution in [0, 0.1) is 17.8 Å². The number of carbonyl (C=O) groups excluding carboxylic acids is 8. The molecule has 14 N–H and O–H groups in total. The van der Waals surface area contributed by atoms with E-state index in [0.717, 1.165) is 54.0 Å².